The van der Waals surface area contributed by atoms with Crippen molar-refractivity contribution in [3.8, 4) is 0 Å². The van der Waals surface area contributed by atoms with E-state index < -0.39 is 6.67 Å². The molecule has 0 unspecified atom stereocenters. The Bertz CT molecular complexity index is 332. The molecule has 1 rings (SSSR count). The van der Waals surface area contributed by atoms with Gasteiger partial charge in [0.05, 0.1) is 0 Å². The third-order valence-corrected chi connectivity index (χ3v) is 2.10. The lowest BCUT2D eigenvalue weighted by Crippen LogP contribution is -2.30. The maximum atomic E-state index is 11.8. The second-order valence-electron chi connectivity index (χ2n) is 3.34. The van der Waals surface area contributed by atoms with E-state index in [4.69, 9.17) is 0 Å². The highest BCUT2D eigenvalue weighted by molar-refractivity contribution is 5.90. The second-order valence-corrected chi connectivity index (χ2v) is 3.34. The highest BCUT2D eigenvalue weighted by atomic mass is 19.1. The Morgan fingerprint density at radius 2 is 1.93 bits per heavy atom. The van der Waals surface area contributed by atoms with Gasteiger partial charge >= 0.3 is 6.03 Å². The average Bonchev–Trinajstić information content (AvgIpc) is 2.21. The first kappa shape index (κ1) is 11.5. The first-order chi connectivity index (χ1) is 7.15. The number of rotatable bonds is 3. The molecule has 0 aliphatic carbocycles. The van der Waals surface area contributed by atoms with Gasteiger partial charge in [0, 0.05) is 12.2 Å². The number of aryl methyl sites for hydroxylation is 2. The van der Waals surface area contributed by atoms with Crippen molar-refractivity contribution in [1.29, 1.82) is 0 Å². The number of carbonyl (C=O) groups is 1. The average molecular weight is 210 g/mol. The van der Waals surface area contributed by atoms with Gasteiger partial charge in [0.15, 0.2) is 0 Å². The van der Waals surface area contributed by atoms with Crippen LogP contribution in [0.25, 0.3) is 0 Å². The SMILES string of the molecule is Cc1cccc(C)c1NC(=O)NCCF. The minimum absolute atomic E-state index is 0.0385. The van der Waals surface area contributed by atoms with E-state index in [1.54, 1.807) is 0 Å². The van der Waals surface area contributed by atoms with Crippen molar-refractivity contribution < 1.29 is 9.18 Å². The van der Waals surface area contributed by atoms with Crippen molar-refractivity contribution in [3.05, 3.63) is 29.3 Å². The summed E-state index contributed by atoms with van der Waals surface area (Å²) in [6.45, 7) is 3.31. The van der Waals surface area contributed by atoms with Gasteiger partial charge in [-0.1, -0.05) is 18.2 Å². The molecular weight excluding hydrogens is 195 g/mol. The fourth-order valence-corrected chi connectivity index (χ4v) is 1.33. The van der Waals surface area contributed by atoms with Crippen LogP contribution in [0, 0.1) is 13.8 Å². The first-order valence-corrected chi connectivity index (χ1v) is 4.82. The van der Waals surface area contributed by atoms with E-state index in [0.717, 1.165) is 16.8 Å². The molecule has 0 heterocycles. The highest BCUT2D eigenvalue weighted by Crippen LogP contribution is 2.18. The van der Waals surface area contributed by atoms with Crippen molar-refractivity contribution in [3.63, 3.8) is 0 Å². The predicted molar refractivity (Wildman–Crippen MR) is 58.9 cm³/mol. The summed E-state index contributed by atoms with van der Waals surface area (Å²) in [5, 5.41) is 5.11. The van der Waals surface area contributed by atoms with E-state index in [2.05, 4.69) is 10.6 Å². The molecule has 1 aromatic rings. The van der Waals surface area contributed by atoms with Crippen LogP contribution in [0.3, 0.4) is 0 Å². The van der Waals surface area contributed by atoms with Crippen LogP contribution >= 0.6 is 0 Å². The van der Waals surface area contributed by atoms with Crippen LogP contribution in [-0.4, -0.2) is 19.3 Å². The molecule has 0 fully saturated rings. The molecule has 0 saturated heterocycles. The van der Waals surface area contributed by atoms with Crippen molar-refractivity contribution >= 4 is 11.7 Å². The molecule has 3 nitrogen and oxygen atoms in total. The minimum atomic E-state index is -0.555. The Labute approximate surface area is 88.7 Å². The molecule has 15 heavy (non-hydrogen) atoms. The molecule has 4 heteroatoms. The molecule has 2 amide bonds. The monoisotopic (exact) mass is 210 g/mol. The lowest BCUT2D eigenvalue weighted by Gasteiger charge is -2.11. The number of nitrogens with one attached hydrogen (secondary N) is 2. The van der Waals surface area contributed by atoms with Gasteiger partial charge in [-0.15, -0.1) is 0 Å². The Hall–Kier alpha value is -1.58. The number of anilines is 1. The van der Waals surface area contributed by atoms with Crippen LogP contribution in [0.15, 0.2) is 18.2 Å². The Morgan fingerprint density at radius 3 is 2.47 bits per heavy atom. The van der Waals surface area contributed by atoms with E-state index in [1.165, 1.54) is 0 Å². The molecule has 0 aromatic heterocycles. The third-order valence-electron chi connectivity index (χ3n) is 2.10. The minimum Gasteiger partial charge on any atom is -0.335 e. The lowest BCUT2D eigenvalue weighted by molar-refractivity contribution is 0.251. The van der Waals surface area contributed by atoms with Gasteiger partial charge in [-0.2, -0.15) is 0 Å². The van der Waals surface area contributed by atoms with Gasteiger partial charge in [-0.25, -0.2) is 9.18 Å². The molecule has 1 aromatic carbocycles. The molecule has 0 bridgehead atoms. The van der Waals surface area contributed by atoms with Crippen molar-refractivity contribution in [2.75, 3.05) is 18.5 Å². The molecule has 0 atom stereocenters. The van der Waals surface area contributed by atoms with E-state index in [1.807, 2.05) is 32.0 Å². The normalized spacial score (nSPS) is 9.80. The van der Waals surface area contributed by atoms with Crippen LogP contribution < -0.4 is 10.6 Å². The summed E-state index contributed by atoms with van der Waals surface area (Å²) >= 11 is 0. The summed E-state index contributed by atoms with van der Waals surface area (Å²) in [6.07, 6.45) is 0. The van der Waals surface area contributed by atoms with Crippen LogP contribution in [0.2, 0.25) is 0 Å². The maximum Gasteiger partial charge on any atom is 0.319 e. The maximum absolute atomic E-state index is 11.8. The number of urea groups is 1. The number of amides is 2. The van der Waals surface area contributed by atoms with E-state index in [0.29, 0.717) is 0 Å². The molecule has 2 N–H and O–H groups in total. The quantitative estimate of drug-likeness (QED) is 0.790. The van der Waals surface area contributed by atoms with Crippen molar-refractivity contribution in [1.82, 2.24) is 5.32 Å². The Morgan fingerprint density at radius 1 is 1.33 bits per heavy atom. The molecular formula is C11H15FN2O. The van der Waals surface area contributed by atoms with Crippen LogP contribution in [-0.2, 0) is 0 Å². The molecule has 82 valence electrons. The third kappa shape index (κ3) is 3.23. The topological polar surface area (TPSA) is 41.1 Å². The van der Waals surface area contributed by atoms with Crippen LogP contribution in [0.5, 0.6) is 0 Å². The largest absolute Gasteiger partial charge is 0.335 e. The standard InChI is InChI=1S/C11H15FN2O/c1-8-4-3-5-9(2)10(8)14-11(15)13-7-6-12/h3-5H,6-7H2,1-2H3,(H2,13,14,15). The van der Waals surface area contributed by atoms with Gasteiger partial charge in [-0.05, 0) is 25.0 Å². The van der Waals surface area contributed by atoms with Crippen molar-refractivity contribution in [2.24, 2.45) is 0 Å². The van der Waals surface area contributed by atoms with Gasteiger partial charge in [0.1, 0.15) is 6.67 Å². The summed E-state index contributed by atoms with van der Waals surface area (Å²) in [7, 11) is 0. The van der Waals surface area contributed by atoms with Crippen molar-refractivity contribution in [2.45, 2.75) is 13.8 Å². The van der Waals surface area contributed by atoms with Crippen LogP contribution in [0.1, 0.15) is 11.1 Å². The number of hydrogen-bond donors (Lipinski definition) is 2. The zero-order valence-corrected chi connectivity index (χ0v) is 8.93. The van der Waals surface area contributed by atoms with Gasteiger partial charge < -0.3 is 10.6 Å². The zero-order chi connectivity index (χ0) is 11.3. The fraction of sp³-hybridized carbons (Fsp3) is 0.364. The molecule has 0 aliphatic heterocycles. The summed E-state index contributed by atoms with van der Waals surface area (Å²) in [5.41, 5.74) is 2.77. The van der Waals surface area contributed by atoms with E-state index in [-0.39, 0.29) is 12.6 Å². The summed E-state index contributed by atoms with van der Waals surface area (Å²) in [5.74, 6) is 0. The number of hydrogen-bond acceptors (Lipinski definition) is 1. The number of carbonyl (C=O) groups excluding carboxylic acids is 1. The van der Waals surface area contributed by atoms with E-state index >= 15 is 0 Å². The predicted octanol–water partition coefficient (Wildman–Crippen LogP) is 2.39. The smallest absolute Gasteiger partial charge is 0.319 e. The summed E-state index contributed by atoms with van der Waals surface area (Å²) in [6, 6.07) is 5.38. The molecule has 0 radical (unpaired) electrons. The first-order valence-electron chi connectivity index (χ1n) is 4.82. The second kappa shape index (κ2) is 5.34. The Kier molecular flexibility index (Phi) is 4.09. The fourth-order valence-electron chi connectivity index (χ4n) is 1.33. The number of alkyl halides is 1. The van der Waals surface area contributed by atoms with Gasteiger partial charge in [-0.3, -0.25) is 0 Å². The summed E-state index contributed by atoms with van der Waals surface area (Å²) < 4.78 is 11.8. The van der Waals surface area contributed by atoms with Gasteiger partial charge in [0.25, 0.3) is 0 Å². The molecule has 0 aliphatic rings. The van der Waals surface area contributed by atoms with Gasteiger partial charge in [0.2, 0.25) is 0 Å². The number of benzene rings is 1. The highest BCUT2D eigenvalue weighted by Gasteiger charge is 2.05. The molecule has 0 spiro atoms. The van der Waals surface area contributed by atoms with E-state index in [9.17, 15) is 9.18 Å². The number of para-hydroxylation sites is 1. The lowest BCUT2D eigenvalue weighted by atomic mass is 10.1. The molecule has 0 saturated carbocycles. The Balaban J connectivity index is 2.68. The zero-order valence-electron chi connectivity index (χ0n) is 8.93. The van der Waals surface area contributed by atoms with Crippen LogP contribution in [0.4, 0.5) is 14.9 Å². The summed E-state index contributed by atoms with van der Waals surface area (Å²) in [4.78, 5) is 11.3. The number of halogens is 1.